The topological polar surface area (TPSA) is 14.8 Å². The molecule has 0 saturated carbocycles. The van der Waals surface area contributed by atoms with Crippen LogP contribution < -0.4 is 20.7 Å². The number of fused-ring (bicyclic) bond motifs is 9. The highest BCUT2D eigenvalue weighted by Crippen LogP contribution is 2.41. The lowest BCUT2D eigenvalue weighted by Gasteiger charge is -2.34. The number of rotatable bonds is 7. The Hall–Kier alpha value is -8.18. The van der Waals surface area contributed by atoms with E-state index in [0.29, 0.717) is 0 Å². The molecule has 3 aromatic heterocycles. The van der Waals surface area contributed by atoms with Gasteiger partial charge in [-0.1, -0.05) is 182 Å². The first kappa shape index (κ1) is 36.5. The highest BCUT2D eigenvalue weighted by atomic mass is 28.3. The van der Waals surface area contributed by atoms with E-state index in [4.69, 9.17) is 0 Å². The Morgan fingerprint density at radius 1 is 0.234 bits per heavy atom. The molecule has 3 nitrogen and oxygen atoms in total. The van der Waals surface area contributed by atoms with Gasteiger partial charge in [0, 0.05) is 43.7 Å². The summed E-state index contributed by atoms with van der Waals surface area (Å²) in [6.45, 7) is 0. The van der Waals surface area contributed by atoms with Crippen LogP contribution in [0, 0.1) is 0 Å². The smallest absolute Gasteiger partial charge is 0.179 e. The molecule has 0 amide bonds. The minimum absolute atomic E-state index is 1.13. The van der Waals surface area contributed by atoms with E-state index in [1.807, 2.05) is 0 Å². The van der Waals surface area contributed by atoms with Crippen molar-refractivity contribution >= 4 is 94.2 Å². The van der Waals surface area contributed by atoms with Gasteiger partial charge in [-0.3, -0.25) is 0 Å². The van der Waals surface area contributed by atoms with Crippen molar-refractivity contribution in [1.29, 1.82) is 0 Å². The van der Waals surface area contributed by atoms with Gasteiger partial charge in [-0.2, -0.15) is 0 Å². The molecule has 64 heavy (non-hydrogen) atoms. The number of aromatic nitrogens is 3. The van der Waals surface area contributed by atoms with E-state index in [1.165, 1.54) is 91.9 Å². The van der Waals surface area contributed by atoms with Crippen molar-refractivity contribution in [2.45, 2.75) is 0 Å². The Bertz CT molecular complexity index is 3730. The average molecular weight is 832 g/mol. The molecule has 0 aliphatic heterocycles. The Morgan fingerprint density at radius 2 is 0.688 bits per heavy atom. The van der Waals surface area contributed by atoms with Gasteiger partial charge in [0.25, 0.3) is 0 Å². The van der Waals surface area contributed by atoms with Gasteiger partial charge < -0.3 is 13.7 Å². The SMILES string of the molecule is c1ccc(-n2c3ccccc3c3cc(-n4c5cc([Si](c6ccccc6)(c6ccccc6)c6ccccc6)ccc5c5c(-n6c7ccccc7c7ccccc76)cccc54)ccc32)cc1. The van der Waals surface area contributed by atoms with Crippen molar-refractivity contribution in [3.05, 3.63) is 249 Å². The molecular weight excluding hydrogens is 791 g/mol. The summed E-state index contributed by atoms with van der Waals surface area (Å²) in [5, 5.41) is 12.8. The molecule has 0 radical (unpaired) electrons. The van der Waals surface area contributed by atoms with Crippen LogP contribution in [0.2, 0.25) is 0 Å². The fraction of sp³-hybridized carbons (Fsp3) is 0. The van der Waals surface area contributed by atoms with Crippen LogP contribution in [0.3, 0.4) is 0 Å². The lowest BCUT2D eigenvalue weighted by molar-refractivity contribution is 1.16. The Kier molecular flexibility index (Phi) is 8.23. The number of hydrogen-bond donors (Lipinski definition) is 0. The quantitative estimate of drug-likeness (QED) is 0.112. The molecule has 0 atom stereocenters. The van der Waals surface area contributed by atoms with Gasteiger partial charge >= 0.3 is 0 Å². The van der Waals surface area contributed by atoms with E-state index < -0.39 is 8.07 Å². The van der Waals surface area contributed by atoms with Crippen LogP contribution in [0.15, 0.2) is 249 Å². The maximum absolute atomic E-state index is 2.87. The molecule has 3 heterocycles. The highest BCUT2D eigenvalue weighted by molar-refractivity contribution is 7.20. The maximum Gasteiger partial charge on any atom is 0.179 e. The Balaban J connectivity index is 1.17. The van der Waals surface area contributed by atoms with Crippen LogP contribution in [0.25, 0.3) is 82.5 Å². The second-order valence-electron chi connectivity index (χ2n) is 16.8. The zero-order valence-corrected chi connectivity index (χ0v) is 36.0. The first-order valence-corrected chi connectivity index (χ1v) is 24.1. The number of hydrogen-bond acceptors (Lipinski definition) is 0. The molecule has 0 bridgehead atoms. The summed E-state index contributed by atoms with van der Waals surface area (Å²) in [6.07, 6.45) is 0. The minimum atomic E-state index is -2.87. The normalized spacial score (nSPS) is 12.1. The van der Waals surface area contributed by atoms with Crippen molar-refractivity contribution in [2.24, 2.45) is 0 Å². The van der Waals surface area contributed by atoms with Crippen LogP contribution in [-0.4, -0.2) is 21.8 Å². The molecular formula is C60H41N3Si. The lowest BCUT2D eigenvalue weighted by atomic mass is 10.1. The van der Waals surface area contributed by atoms with Gasteiger partial charge in [0.1, 0.15) is 0 Å². The first-order chi connectivity index (χ1) is 31.8. The van der Waals surface area contributed by atoms with E-state index in [0.717, 1.165) is 11.4 Å². The molecule has 0 saturated heterocycles. The molecule has 10 aromatic carbocycles. The predicted octanol–water partition coefficient (Wildman–Crippen LogP) is 12.4. The number of para-hydroxylation sites is 4. The van der Waals surface area contributed by atoms with Gasteiger partial charge in [-0.05, 0) is 87.5 Å². The monoisotopic (exact) mass is 831 g/mol. The third kappa shape index (κ3) is 5.27. The van der Waals surface area contributed by atoms with Gasteiger partial charge in [0.2, 0.25) is 0 Å². The molecule has 13 aromatic rings. The van der Waals surface area contributed by atoms with Gasteiger partial charge in [0.15, 0.2) is 8.07 Å². The summed E-state index contributed by atoms with van der Waals surface area (Å²) < 4.78 is 7.43. The fourth-order valence-electron chi connectivity index (χ4n) is 10.9. The van der Waals surface area contributed by atoms with Crippen molar-refractivity contribution in [1.82, 2.24) is 13.7 Å². The Labute approximate surface area is 372 Å². The first-order valence-electron chi connectivity index (χ1n) is 22.1. The van der Waals surface area contributed by atoms with E-state index in [1.54, 1.807) is 0 Å². The summed E-state index contributed by atoms with van der Waals surface area (Å²) in [5.41, 5.74) is 10.6. The van der Waals surface area contributed by atoms with Gasteiger partial charge in [0.05, 0.1) is 38.8 Å². The van der Waals surface area contributed by atoms with Crippen LogP contribution in [-0.2, 0) is 0 Å². The zero-order chi connectivity index (χ0) is 42.2. The van der Waals surface area contributed by atoms with E-state index in [9.17, 15) is 0 Å². The molecule has 0 fully saturated rings. The summed E-state index contributed by atoms with van der Waals surface area (Å²) >= 11 is 0. The molecule has 0 spiro atoms. The summed E-state index contributed by atoms with van der Waals surface area (Å²) in [4.78, 5) is 0. The van der Waals surface area contributed by atoms with Crippen LogP contribution in [0.5, 0.6) is 0 Å². The highest BCUT2D eigenvalue weighted by Gasteiger charge is 2.41. The molecule has 0 aliphatic carbocycles. The minimum Gasteiger partial charge on any atom is -0.309 e. The van der Waals surface area contributed by atoms with Gasteiger partial charge in [-0.25, -0.2) is 0 Å². The maximum atomic E-state index is 2.54. The third-order valence-corrected chi connectivity index (χ3v) is 18.3. The Morgan fingerprint density at radius 3 is 1.27 bits per heavy atom. The molecule has 300 valence electrons. The van der Waals surface area contributed by atoms with Crippen molar-refractivity contribution in [3.8, 4) is 17.1 Å². The molecule has 13 rings (SSSR count). The van der Waals surface area contributed by atoms with Crippen LogP contribution >= 0.6 is 0 Å². The van der Waals surface area contributed by atoms with E-state index in [-0.39, 0.29) is 0 Å². The lowest BCUT2D eigenvalue weighted by Crippen LogP contribution is -2.74. The molecule has 0 N–H and O–H groups in total. The third-order valence-electron chi connectivity index (χ3n) is 13.6. The fourth-order valence-corrected chi connectivity index (χ4v) is 15.7. The number of nitrogens with zero attached hydrogens (tertiary/aromatic N) is 3. The summed E-state index contributed by atoms with van der Waals surface area (Å²) in [7, 11) is -2.87. The molecule has 0 unspecified atom stereocenters. The largest absolute Gasteiger partial charge is 0.309 e. The second kappa shape index (κ2) is 14.5. The average Bonchev–Trinajstić information content (AvgIpc) is 4.01. The van der Waals surface area contributed by atoms with Gasteiger partial charge in [-0.15, -0.1) is 0 Å². The number of benzene rings is 10. The van der Waals surface area contributed by atoms with Crippen molar-refractivity contribution in [2.75, 3.05) is 0 Å². The second-order valence-corrected chi connectivity index (χ2v) is 20.7. The van der Waals surface area contributed by atoms with Crippen molar-refractivity contribution in [3.63, 3.8) is 0 Å². The summed E-state index contributed by atoms with van der Waals surface area (Å²) in [5.74, 6) is 0. The van der Waals surface area contributed by atoms with E-state index >= 15 is 0 Å². The molecule has 0 aliphatic rings. The summed E-state index contributed by atoms with van der Waals surface area (Å²) in [6, 6.07) is 92.4. The predicted molar refractivity (Wildman–Crippen MR) is 273 cm³/mol. The van der Waals surface area contributed by atoms with Crippen LogP contribution in [0.4, 0.5) is 0 Å². The van der Waals surface area contributed by atoms with E-state index in [2.05, 4.69) is 262 Å². The standard InChI is InChI=1S/C60H41N3Si/c1-5-20-42(21-6-1)61-53-31-16-15-30-50(53)52-40-43(36-39-56(52)61)62-57-34-19-35-58(63-54-32-17-13-28-48(54)49-29-14-18-33-55(49)63)60(57)51-38-37-47(41-59(51)62)64(44-22-7-2-8-23-44,45-24-9-3-10-25-45)46-26-11-4-12-27-46/h1-41H. The zero-order valence-electron chi connectivity index (χ0n) is 35.0. The molecule has 4 heteroatoms. The van der Waals surface area contributed by atoms with Crippen LogP contribution in [0.1, 0.15) is 0 Å². The van der Waals surface area contributed by atoms with Crippen molar-refractivity contribution < 1.29 is 0 Å².